The SMILES string of the molecule is CCC(C)(C)c1ccc(Oc2cc(CCl)ccc2C)cc1. The van der Waals surface area contributed by atoms with Crippen LogP contribution >= 0.6 is 11.6 Å². The molecule has 0 aliphatic heterocycles. The zero-order valence-electron chi connectivity index (χ0n) is 13.2. The van der Waals surface area contributed by atoms with Crippen LogP contribution in [0.3, 0.4) is 0 Å². The average molecular weight is 303 g/mol. The molecule has 0 atom stereocenters. The lowest BCUT2D eigenvalue weighted by atomic mass is 9.82. The Hall–Kier alpha value is -1.47. The first-order valence-corrected chi connectivity index (χ1v) is 7.93. The molecule has 0 saturated heterocycles. The van der Waals surface area contributed by atoms with Crippen molar-refractivity contribution in [2.75, 3.05) is 0 Å². The van der Waals surface area contributed by atoms with Gasteiger partial charge in [-0.2, -0.15) is 0 Å². The van der Waals surface area contributed by atoms with Crippen LogP contribution in [0.4, 0.5) is 0 Å². The van der Waals surface area contributed by atoms with Gasteiger partial charge in [-0.1, -0.05) is 45.0 Å². The number of aryl methyl sites for hydroxylation is 1. The molecule has 21 heavy (non-hydrogen) atoms. The Morgan fingerprint density at radius 1 is 1.05 bits per heavy atom. The van der Waals surface area contributed by atoms with Crippen molar-refractivity contribution in [3.8, 4) is 11.5 Å². The summed E-state index contributed by atoms with van der Waals surface area (Å²) in [6, 6.07) is 14.5. The van der Waals surface area contributed by atoms with Crippen molar-refractivity contribution in [1.29, 1.82) is 0 Å². The van der Waals surface area contributed by atoms with Crippen molar-refractivity contribution in [3.05, 3.63) is 59.2 Å². The van der Waals surface area contributed by atoms with E-state index in [9.17, 15) is 0 Å². The summed E-state index contributed by atoms with van der Waals surface area (Å²) in [5.41, 5.74) is 3.72. The standard InChI is InChI=1S/C19H23ClO/c1-5-19(3,4)16-8-10-17(11-9-16)21-18-12-15(13-20)7-6-14(18)2/h6-12H,5,13H2,1-4H3. The predicted molar refractivity (Wildman–Crippen MR) is 90.6 cm³/mol. The molecule has 2 aromatic rings. The molecule has 0 amide bonds. The highest BCUT2D eigenvalue weighted by Gasteiger charge is 2.17. The van der Waals surface area contributed by atoms with Crippen LogP contribution in [-0.2, 0) is 11.3 Å². The predicted octanol–water partition coefficient (Wildman–Crippen LogP) is 6.21. The molecule has 0 aromatic heterocycles. The number of alkyl halides is 1. The smallest absolute Gasteiger partial charge is 0.130 e. The topological polar surface area (TPSA) is 9.23 Å². The van der Waals surface area contributed by atoms with Gasteiger partial charge in [0.15, 0.2) is 0 Å². The quantitative estimate of drug-likeness (QED) is 0.596. The van der Waals surface area contributed by atoms with Crippen LogP contribution in [0.2, 0.25) is 0 Å². The van der Waals surface area contributed by atoms with Gasteiger partial charge in [0.25, 0.3) is 0 Å². The second-order valence-corrected chi connectivity index (χ2v) is 6.36. The molecule has 0 N–H and O–H groups in total. The average Bonchev–Trinajstić information content (AvgIpc) is 2.50. The lowest BCUT2D eigenvalue weighted by molar-refractivity contribution is 0.474. The Labute approximate surface area is 132 Å². The normalized spacial score (nSPS) is 11.5. The van der Waals surface area contributed by atoms with E-state index in [1.54, 1.807) is 0 Å². The number of halogens is 1. The van der Waals surface area contributed by atoms with E-state index < -0.39 is 0 Å². The largest absolute Gasteiger partial charge is 0.457 e. The summed E-state index contributed by atoms with van der Waals surface area (Å²) < 4.78 is 5.99. The zero-order chi connectivity index (χ0) is 15.5. The van der Waals surface area contributed by atoms with Crippen molar-refractivity contribution in [3.63, 3.8) is 0 Å². The van der Waals surface area contributed by atoms with E-state index in [4.69, 9.17) is 16.3 Å². The van der Waals surface area contributed by atoms with E-state index in [-0.39, 0.29) is 5.41 Å². The molecule has 0 saturated carbocycles. The number of rotatable bonds is 5. The third-order valence-electron chi connectivity index (χ3n) is 4.15. The minimum Gasteiger partial charge on any atom is -0.457 e. The molecule has 0 aliphatic carbocycles. The highest BCUT2D eigenvalue weighted by molar-refractivity contribution is 6.17. The Bertz CT molecular complexity index is 599. The van der Waals surface area contributed by atoms with Crippen LogP contribution in [0, 0.1) is 6.92 Å². The number of hydrogen-bond donors (Lipinski definition) is 0. The molecule has 2 rings (SSSR count). The fourth-order valence-electron chi connectivity index (χ4n) is 2.14. The van der Waals surface area contributed by atoms with E-state index in [0.717, 1.165) is 29.0 Å². The van der Waals surface area contributed by atoms with Crippen LogP contribution < -0.4 is 4.74 Å². The van der Waals surface area contributed by atoms with Crippen LogP contribution in [0.1, 0.15) is 43.9 Å². The van der Waals surface area contributed by atoms with E-state index in [0.29, 0.717) is 5.88 Å². The van der Waals surface area contributed by atoms with Gasteiger partial charge in [0.2, 0.25) is 0 Å². The molecule has 0 unspecified atom stereocenters. The lowest BCUT2D eigenvalue weighted by Crippen LogP contribution is -2.14. The van der Waals surface area contributed by atoms with Gasteiger partial charge in [0, 0.05) is 5.88 Å². The highest BCUT2D eigenvalue weighted by Crippen LogP contribution is 2.31. The first kappa shape index (κ1) is 15.9. The van der Waals surface area contributed by atoms with Gasteiger partial charge in [0.05, 0.1) is 0 Å². The molecule has 0 heterocycles. The summed E-state index contributed by atoms with van der Waals surface area (Å²) in [7, 11) is 0. The van der Waals surface area contributed by atoms with E-state index >= 15 is 0 Å². The molecule has 2 heteroatoms. The zero-order valence-corrected chi connectivity index (χ0v) is 14.0. The van der Waals surface area contributed by atoms with E-state index in [1.807, 2.05) is 37.3 Å². The van der Waals surface area contributed by atoms with Crippen molar-refractivity contribution in [2.24, 2.45) is 0 Å². The van der Waals surface area contributed by atoms with Gasteiger partial charge < -0.3 is 4.74 Å². The molecular weight excluding hydrogens is 280 g/mol. The van der Waals surface area contributed by atoms with Crippen molar-refractivity contribution < 1.29 is 4.74 Å². The second-order valence-electron chi connectivity index (χ2n) is 6.10. The first-order valence-electron chi connectivity index (χ1n) is 7.40. The molecule has 0 radical (unpaired) electrons. The summed E-state index contributed by atoms with van der Waals surface area (Å²) in [6.07, 6.45) is 1.12. The molecule has 112 valence electrons. The van der Waals surface area contributed by atoms with Crippen LogP contribution in [0.15, 0.2) is 42.5 Å². The summed E-state index contributed by atoms with van der Waals surface area (Å²) in [6.45, 7) is 8.78. The van der Waals surface area contributed by atoms with Crippen molar-refractivity contribution in [1.82, 2.24) is 0 Å². The molecule has 1 nitrogen and oxygen atoms in total. The number of benzene rings is 2. The minimum absolute atomic E-state index is 0.201. The summed E-state index contributed by atoms with van der Waals surface area (Å²) >= 11 is 5.89. The van der Waals surface area contributed by atoms with Gasteiger partial charge >= 0.3 is 0 Å². The maximum Gasteiger partial charge on any atom is 0.130 e. The van der Waals surface area contributed by atoms with Crippen LogP contribution in [-0.4, -0.2) is 0 Å². The molecule has 0 aliphatic rings. The first-order chi connectivity index (χ1) is 9.96. The fraction of sp³-hybridized carbons (Fsp3) is 0.368. The number of ether oxygens (including phenoxy) is 1. The fourth-order valence-corrected chi connectivity index (χ4v) is 2.31. The summed E-state index contributed by atoms with van der Waals surface area (Å²) in [5.74, 6) is 2.23. The van der Waals surface area contributed by atoms with Gasteiger partial charge in [-0.3, -0.25) is 0 Å². The second kappa shape index (κ2) is 6.53. The Kier molecular flexibility index (Phi) is 4.95. The maximum atomic E-state index is 5.99. The van der Waals surface area contributed by atoms with Gasteiger partial charge in [-0.25, -0.2) is 0 Å². The third kappa shape index (κ3) is 3.79. The van der Waals surface area contributed by atoms with Crippen LogP contribution in [0.25, 0.3) is 0 Å². The molecule has 0 bridgehead atoms. The minimum atomic E-state index is 0.201. The number of hydrogen-bond acceptors (Lipinski definition) is 1. The van der Waals surface area contributed by atoms with Gasteiger partial charge in [-0.05, 0) is 53.6 Å². The Morgan fingerprint density at radius 3 is 2.29 bits per heavy atom. The third-order valence-corrected chi connectivity index (χ3v) is 4.46. The van der Waals surface area contributed by atoms with Gasteiger partial charge in [-0.15, -0.1) is 11.6 Å². The van der Waals surface area contributed by atoms with Crippen molar-refractivity contribution >= 4 is 11.6 Å². The Balaban J connectivity index is 2.21. The molecular formula is C19H23ClO. The molecule has 0 fully saturated rings. The Morgan fingerprint density at radius 2 is 1.71 bits per heavy atom. The van der Waals surface area contributed by atoms with Crippen LogP contribution in [0.5, 0.6) is 11.5 Å². The molecule has 2 aromatic carbocycles. The lowest BCUT2D eigenvalue weighted by Gasteiger charge is -2.23. The summed E-state index contributed by atoms with van der Waals surface area (Å²) in [4.78, 5) is 0. The maximum absolute atomic E-state index is 5.99. The van der Waals surface area contributed by atoms with E-state index in [1.165, 1.54) is 5.56 Å². The molecule has 0 spiro atoms. The highest BCUT2D eigenvalue weighted by atomic mass is 35.5. The van der Waals surface area contributed by atoms with E-state index in [2.05, 4.69) is 32.9 Å². The monoisotopic (exact) mass is 302 g/mol. The van der Waals surface area contributed by atoms with Gasteiger partial charge in [0.1, 0.15) is 11.5 Å². The summed E-state index contributed by atoms with van der Waals surface area (Å²) in [5, 5.41) is 0. The van der Waals surface area contributed by atoms with Crippen molar-refractivity contribution in [2.45, 2.75) is 45.4 Å².